The van der Waals surface area contributed by atoms with Crippen LogP contribution in [0.3, 0.4) is 0 Å². The first kappa shape index (κ1) is 13.2. The molecule has 1 heterocycles. The zero-order valence-corrected chi connectivity index (χ0v) is 11.6. The summed E-state index contributed by atoms with van der Waals surface area (Å²) < 4.78 is 11.1. The van der Waals surface area contributed by atoms with Crippen LogP contribution < -0.4 is 11.0 Å². The Balaban J connectivity index is 1.71. The zero-order chi connectivity index (χ0) is 14.1. The van der Waals surface area contributed by atoms with Crippen molar-refractivity contribution in [2.24, 2.45) is 0 Å². The van der Waals surface area contributed by atoms with E-state index in [0.717, 1.165) is 23.1 Å². The third kappa shape index (κ3) is 2.32. The van der Waals surface area contributed by atoms with E-state index in [2.05, 4.69) is 15.3 Å². The van der Waals surface area contributed by atoms with Gasteiger partial charge in [0.25, 0.3) is 0 Å². The molecule has 0 bridgehead atoms. The number of hydrogen-bond acceptors (Lipinski definition) is 4. The van der Waals surface area contributed by atoms with E-state index in [4.69, 9.17) is 9.47 Å². The van der Waals surface area contributed by atoms with Crippen molar-refractivity contribution < 1.29 is 9.47 Å². The second-order valence-corrected chi connectivity index (χ2v) is 5.02. The van der Waals surface area contributed by atoms with E-state index < -0.39 is 0 Å². The number of anilines is 1. The van der Waals surface area contributed by atoms with Gasteiger partial charge in [-0.3, -0.25) is 0 Å². The van der Waals surface area contributed by atoms with Gasteiger partial charge in [-0.2, -0.15) is 0 Å². The topological polar surface area (TPSA) is 79.1 Å². The van der Waals surface area contributed by atoms with Crippen molar-refractivity contribution in [3.8, 4) is 0 Å². The van der Waals surface area contributed by atoms with Crippen molar-refractivity contribution >= 4 is 16.7 Å². The van der Waals surface area contributed by atoms with Crippen LogP contribution in [0.1, 0.15) is 13.3 Å². The van der Waals surface area contributed by atoms with Crippen LogP contribution in [0.4, 0.5) is 5.69 Å². The average molecular weight is 277 g/mol. The lowest BCUT2D eigenvalue weighted by molar-refractivity contribution is -0.118. The first-order valence-corrected chi connectivity index (χ1v) is 6.84. The molecule has 0 spiro atoms. The summed E-state index contributed by atoms with van der Waals surface area (Å²) in [5.74, 6) is 0. The summed E-state index contributed by atoms with van der Waals surface area (Å²) in [6.07, 6.45) is 1.16. The fourth-order valence-electron chi connectivity index (χ4n) is 2.75. The summed E-state index contributed by atoms with van der Waals surface area (Å²) >= 11 is 0. The molecule has 108 valence electrons. The van der Waals surface area contributed by atoms with Gasteiger partial charge in [-0.25, -0.2) is 4.79 Å². The predicted octanol–water partition coefficient (Wildman–Crippen LogP) is 1.46. The maximum absolute atomic E-state index is 11.2. The van der Waals surface area contributed by atoms with Crippen molar-refractivity contribution in [3.05, 3.63) is 28.7 Å². The van der Waals surface area contributed by atoms with Crippen molar-refractivity contribution in [3.63, 3.8) is 0 Å². The number of imidazole rings is 1. The maximum atomic E-state index is 11.2. The van der Waals surface area contributed by atoms with Crippen molar-refractivity contribution in [1.29, 1.82) is 0 Å². The normalized spacial score (nSPS) is 25.6. The van der Waals surface area contributed by atoms with Gasteiger partial charge in [-0.1, -0.05) is 0 Å². The molecule has 0 aliphatic heterocycles. The molecule has 3 N–H and O–H groups in total. The lowest BCUT2D eigenvalue weighted by Crippen LogP contribution is -2.56. The van der Waals surface area contributed by atoms with Crippen molar-refractivity contribution in [2.45, 2.75) is 31.6 Å². The van der Waals surface area contributed by atoms with Crippen molar-refractivity contribution in [2.75, 3.05) is 19.0 Å². The first-order chi connectivity index (χ1) is 9.71. The van der Waals surface area contributed by atoms with Gasteiger partial charge in [0.05, 0.1) is 23.2 Å². The molecule has 3 atom stereocenters. The van der Waals surface area contributed by atoms with Crippen LogP contribution in [0, 0.1) is 0 Å². The van der Waals surface area contributed by atoms with Gasteiger partial charge in [0, 0.05) is 19.4 Å². The van der Waals surface area contributed by atoms with E-state index in [9.17, 15) is 4.79 Å². The summed E-state index contributed by atoms with van der Waals surface area (Å²) in [5, 5.41) is 3.43. The molecule has 0 amide bonds. The summed E-state index contributed by atoms with van der Waals surface area (Å²) in [4.78, 5) is 16.7. The minimum Gasteiger partial charge on any atom is -0.379 e. The SMILES string of the molecule is CCOC1CC(Nc2ccc3[nH]c(=O)[nH]c3c2)C1OC. The van der Waals surface area contributed by atoms with Gasteiger partial charge in [0.2, 0.25) is 0 Å². The van der Waals surface area contributed by atoms with Gasteiger partial charge in [0.1, 0.15) is 6.10 Å². The Hall–Kier alpha value is -1.79. The quantitative estimate of drug-likeness (QED) is 0.773. The lowest BCUT2D eigenvalue weighted by atomic mass is 9.85. The van der Waals surface area contributed by atoms with Gasteiger partial charge < -0.3 is 24.8 Å². The van der Waals surface area contributed by atoms with Crippen LogP contribution in [0.2, 0.25) is 0 Å². The fraction of sp³-hybridized carbons (Fsp3) is 0.500. The van der Waals surface area contributed by atoms with Gasteiger partial charge >= 0.3 is 5.69 Å². The Morgan fingerprint density at radius 2 is 2.15 bits per heavy atom. The number of hydrogen-bond donors (Lipinski definition) is 3. The molecular formula is C14H19N3O3. The summed E-state index contributed by atoms with van der Waals surface area (Å²) in [7, 11) is 1.71. The number of fused-ring (bicyclic) bond motifs is 1. The highest BCUT2D eigenvalue weighted by atomic mass is 16.5. The highest BCUT2D eigenvalue weighted by Gasteiger charge is 2.42. The number of benzene rings is 1. The molecule has 3 rings (SSSR count). The van der Waals surface area contributed by atoms with E-state index in [1.54, 1.807) is 7.11 Å². The highest BCUT2D eigenvalue weighted by molar-refractivity contribution is 5.78. The Morgan fingerprint density at radius 1 is 1.35 bits per heavy atom. The van der Waals surface area contributed by atoms with Crippen LogP contribution >= 0.6 is 0 Å². The number of ether oxygens (including phenoxy) is 2. The fourth-order valence-corrected chi connectivity index (χ4v) is 2.75. The highest BCUT2D eigenvalue weighted by Crippen LogP contribution is 2.30. The Bertz CT molecular complexity index is 648. The summed E-state index contributed by atoms with van der Waals surface area (Å²) in [6.45, 7) is 2.69. The van der Waals surface area contributed by atoms with Crippen LogP contribution in [-0.2, 0) is 9.47 Å². The molecule has 20 heavy (non-hydrogen) atoms. The number of rotatable bonds is 5. The number of aromatic nitrogens is 2. The van der Waals surface area contributed by atoms with Gasteiger partial charge in [-0.15, -0.1) is 0 Å². The summed E-state index contributed by atoms with van der Waals surface area (Å²) in [5.41, 5.74) is 2.39. The monoisotopic (exact) mass is 277 g/mol. The molecule has 3 unspecified atom stereocenters. The number of H-pyrrole nitrogens is 2. The third-order valence-electron chi connectivity index (χ3n) is 3.77. The largest absolute Gasteiger partial charge is 0.379 e. The van der Waals surface area contributed by atoms with E-state index >= 15 is 0 Å². The van der Waals surface area contributed by atoms with Crippen LogP contribution in [0.15, 0.2) is 23.0 Å². The van der Waals surface area contributed by atoms with Crippen molar-refractivity contribution in [1.82, 2.24) is 9.97 Å². The van der Waals surface area contributed by atoms with Crippen LogP contribution in [-0.4, -0.2) is 41.9 Å². The molecule has 2 aromatic rings. The minimum atomic E-state index is -0.188. The minimum absolute atomic E-state index is 0.0657. The maximum Gasteiger partial charge on any atom is 0.323 e. The molecule has 6 nitrogen and oxygen atoms in total. The Labute approximate surface area is 116 Å². The van der Waals surface area contributed by atoms with Gasteiger partial charge in [0.15, 0.2) is 0 Å². The van der Waals surface area contributed by atoms with E-state index in [-0.39, 0.29) is 23.9 Å². The first-order valence-electron chi connectivity index (χ1n) is 6.84. The molecule has 1 aromatic heterocycles. The number of aromatic amines is 2. The molecule has 1 fully saturated rings. The standard InChI is InChI=1S/C14H19N3O3/c1-3-20-12-7-11(13(12)19-2)15-8-4-5-9-10(6-8)17-14(18)16-9/h4-6,11-13,15H,3,7H2,1-2H3,(H2,16,17,18). The molecule has 1 saturated carbocycles. The second-order valence-electron chi connectivity index (χ2n) is 5.02. The number of methoxy groups -OCH3 is 1. The smallest absolute Gasteiger partial charge is 0.323 e. The molecule has 6 heteroatoms. The molecule has 0 radical (unpaired) electrons. The molecule has 1 aliphatic carbocycles. The molecule has 0 saturated heterocycles. The molecule has 1 aromatic carbocycles. The Morgan fingerprint density at radius 3 is 2.90 bits per heavy atom. The molecular weight excluding hydrogens is 258 g/mol. The summed E-state index contributed by atoms with van der Waals surface area (Å²) in [6, 6.07) is 6.00. The van der Waals surface area contributed by atoms with Crippen LogP contribution in [0.25, 0.3) is 11.0 Å². The predicted molar refractivity (Wildman–Crippen MR) is 77.2 cm³/mol. The second kappa shape index (κ2) is 5.30. The zero-order valence-electron chi connectivity index (χ0n) is 11.6. The average Bonchev–Trinajstić information content (AvgIpc) is 2.77. The van der Waals surface area contributed by atoms with E-state index in [1.807, 2.05) is 25.1 Å². The van der Waals surface area contributed by atoms with E-state index in [0.29, 0.717) is 6.61 Å². The molecule has 1 aliphatic rings. The van der Waals surface area contributed by atoms with E-state index in [1.165, 1.54) is 0 Å². The number of nitrogens with one attached hydrogen (secondary N) is 3. The third-order valence-corrected chi connectivity index (χ3v) is 3.77. The van der Waals surface area contributed by atoms with Crippen LogP contribution in [0.5, 0.6) is 0 Å². The lowest BCUT2D eigenvalue weighted by Gasteiger charge is -2.43. The Kier molecular flexibility index (Phi) is 3.50. The van der Waals surface area contributed by atoms with Gasteiger partial charge in [-0.05, 0) is 31.5 Å².